The van der Waals surface area contributed by atoms with E-state index < -0.39 is 22.4 Å². The normalized spacial score (nSPS) is 11.4. The van der Waals surface area contributed by atoms with Crippen LogP contribution in [-0.2, 0) is 16.1 Å². The van der Waals surface area contributed by atoms with Gasteiger partial charge in [0.2, 0.25) is 0 Å². The summed E-state index contributed by atoms with van der Waals surface area (Å²) >= 11 is 0. The maximum atomic E-state index is 12.1. The van der Waals surface area contributed by atoms with E-state index in [1.165, 1.54) is 4.90 Å². The van der Waals surface area contributed by atoms with Gasteiger partial charge in [0.25, 0.3) is 10.9 Å². The van der Waals surface area contributed by atoms with Crippen LogP contribution in [-0.4, -0.2) is 18.1 Å². The number of ether oxygens (including phenoxy) is 1. The zero-order valence-electron chi connectivity index (χ0n) is 13.5. The molecule has 0 atom stereocenters. The minimum absolute atomic E-state index is 0.0877. The first kappa shape index (κ1) is 16.7. The minimum Gasteiger partial charge on any atom is -0.459 e. The average molecular weight is 316 g/mol. The number of hydrogen-bond donors (Lipinski definition) is 1. The van der Waals surface area contributed by atoms with Crippen molar-refractivity contribution in [3.63, 3.8) is 0 Å². The second-order valence-electron chi connectivity index (χ2n) is 6.35. The van der Waals surface area contributed by atoms with Crippen molar-refractivity contribution < 1.29 is 9.53 Å². The molecule has 0 spiro atoms. The fourth-order valence-electron chi connectivity index (χ4n) is 2.26. The summed E-state index contributed by atoms with van der Waals surface area (Å²) in [4.78, 5) is 36.7. The predicted octanol–water partition coefficient (Wildman–Crippen LogP) is 1.21. The number of carbonyl (C=O) groups excluding carboxylic acids is 1. The van der Waals surface area contributed by atoms with Gasteiger partial charge in [-0.2, -0.15) is 0 Å². The lowest BCUT2D eigenvalue weighted by molar-refractivity contribution is -0.153. The molecule has 122 valence electrons. The Morgan fingerprint density at radius 1 is 1.13 bits per heavy atom. The largest absolute Gasteiger partial charge is 0.459 e. The van der Waals surface area contributed by atoms with Crippen LogP contribution >= 0.6 is 0 Å². The number of nitrogens with zero attached hydrogens (tertiary/aromatic N) is 1. The molecular formula is C17H20N2O4. The Labute approximate surface area is 134 Å². The topological polar surface area (TPSA) is 89.7 Å². The van der Waals surface area contributed by atoms with Gasteiger partial charge in [0.1, 0.15) is 23.5 Å². The number of anilines is 2. The van der Waals surface area contributed by atoms with Crippen LogP contribution in [0.3, 0.4) is 0 Å². The van der Waals surface area contributed by atoms with Crippen LogP contribution in [0.5, 0.6) is 0 Å². The van der Waals surface area contributed by atoms with Crippen LogP contribution in [0.4, 0.5) is 11.4 Å². The molecule has 6 heteroatoms. The van der Waals surface area contributed by atoms with E-state index in [1.54, 1.807) is 20.8 Å². The standard InChI is InChI=1S/C17H20N2O4/c1-17(2,3)23-12(20)10-19(9-11-7-5-4-6-8-11)14-13(18)15(21)16(14)22/h4-8H,9-10,18H2,1-3H3. The summed E-state index contributed by atoms with van der Waals surface area (Å²) in [5.41, 5.74) is 4.51. The van der Waals surface area contributed by atoms with Crippen LogP contribution in [0.1, 0.15) is 26.3 Å². The van der Waals surface area contributed by atoms with Gasteiger partial charge in [-0.15, -0.1) is 0 Å². The number of nitrogen functional groups attached to an aromatic ring is 1. The summed E-state index contributed by atoms with van der Waals surface area (Å²) in [5, 5.41) is 0. The van der Waals surface area contributed by atoms with Crippen LogP contribution in [0.25, 0.3) is 0 Å². The van der Waals surface area contributed by atoms with E-state index in [9.17, 15) is 14.4 Å². The van der Waals surface area contributed by atoms with Gasteiger partial charge in [-0.05, 0) is 26.3 Å². The second kappa shape index (κ2) is 6.24. The van der Waals surface area contributed by atoms with Crippen LogP contribution in [0, 0.1) is 0 Å². The first-order valence-electron chi connectivity index (χ1n) is 7.28. The van der Waals surface area contributed by atoms with Crippen LogP contribution in [0.15, 0.2) is 39.9 Å². The smallest absolute Gasteiger partial charge is 0.326 e. The highest BCUT2D eigenvalue weighted by molar-refractivity contribution is 5.81. The maximum Gasteiger partial charge on any atom is 0.326 e. The van der Waals surface area contributed by atoms with Crippen LogP contribution < -0.4 is 21.5 Å². The van der Waals surface area contributed by atoms with Crippen molar-refractivity contribution in [1.29, 1.82) is 0 Å². The fraction of sp³-hybridized carbons (Fsp3) is 0.353. The SMILES string of the molecule is CC(C)(C)OC(=O)CN(Cc1ccccc1)c1c(N)c(=O)c1=O. The number of benzene rings is 1. The Balaban J connectivity index is 2.24. The molecule has 0 saturated heterocycles. The van der Waals surface area contributed by atoms with Crippen LogP contribution in [0.2, 0.25) is 0 Å². The molecule has 0 aliphatic heterocycles. The Bertz CT molecular complexity index is 768. The van der Waals surface area contributed by atoms with Crippen molar-refractivity contribution in [2.24, 2.45) is 0 Å². The van der Waals surface area contributed by atoms with Crippen molar-refractivity contribution >= 4 is 17.3 Å². The molecule has 23 heavy (non-hydrogen) atoms. The van der Waals surface area contributed by atoms with E-state index in [-0.39, 0.29) is 24.5 Å². The van der Waals surface area contributed by atoms with Crippen molar-refractivity contribution in [3.05, 3.63) is 56.3 Å². The van der Waals surface area contributed by atoms with Gasteiger partial charge in [-0.3, -0.25) is 14.4 Å². The van der Waals surface area contributed by atoms with E-state index in [0.29, 0.717) is 0 Å². The highest BCUT2D eigenvalue weighted by Gasteiger charge is 2.27. The molecule has 2 aromatic carbocycles. The zero-order valence-corrected chi connectivity index (χ0v) is 13.5. The van der Waals surface area contributed by atoms with Gasteiger partial charge >= 0.3 is 5.97 Å². The third kappa shape index (κ3) is 3.97. The predicted molar refractivity (Wildman–Crippen MR) is 89.1 cm³/mol. The second-order valence-corrected chi connectivity index (χ2v) is 6.35. The van der Waals surface area contributed by atoms with Crippen molar-refractivity contribution in [2.75, 3.05) is 17.2 Å². The molecular weight excluding hydrogens is 296 g/mol. The summed E-state index contributed by atoms with van der Waals surface area (Å²) in [5.74, 6) is -0.485. The summed E-state index contributed by atoms with van der Waals surface area (Å²) < 4.78 is 5.28. The Hall–Kier alpha value is -2.63. The average Bonchev–Trinajstić information content (AvgIpc) is 2.46. The number of carbonyl (C=O) groups is 1. The lowest BCUT2D eigenvalue weighted by Gasteiger charge is -2.27. The Morgan fingerprint density at radius 2 is 1.74 bits per heavy atom. The number of rotatable bonds is 5. The number of nitrogens with two attached hydrogens (primary N) is 1. The molecule has 0 radical (unpaired) electrons. The first-order valence-corrected chi connectivity index (χ1v) is 7.28. The van der Waals surface area contributed by atoms with Gasteiger partial charge < -0.3 is 15.4 Å². The Morgan fingerprint density at radius 3 is 2.26 bits per heavy atom. The summed E-state index contributed by atoms with van der Waals surface area (Å²) in [6.07, 6.45) is 0. The highest BCUT2D eigenvalue weighted by atomic mass is 16.6. The molecule has 0 unspecified atom stereocenters. The fourth-order valence-corrected chi connectivity index (χ4v) is 2.26. The lowest BCUT2D eigenvalue weighted by atomic mass is 10.1. The molecule has 0 aliphatic rings. The maximum absolute atomic E-state index is 12.1. The van der Waals surface area contributed by atoms with Gasteiger partial charge in [-0.1, -0.05) is 30.3 Å². The molecule has 0 fully saturated rings. The van der Waals surface area contributed by atoms with E-state index >= 15 is 0 Å². The van der Waals surface area contributed by atoms with E-state index in [0.717, 1.165) is 5.56 Å². The summed E-state index contributed by atoms with van der Waals surface area (Å²) in [6, 6.07) is 9.31. The van der Waals surface area contributed by atoms with Gasteiger partial charge in [0.15, 0.2) is 0 Å². The van der Waals surface area contributed by atoms with Gasteiger partial charge in [0.05, 0.1) is 0 Å². The summed E-state index contributed by atoms with van der Waals surface area (Å²) in [6.45, 7) is 5.42. The van der Waals surface area contributed by atoms with E-state index in [4.69, 9.17) is 10.5 Å². The lowest BCUT2D eigenvalue weighted by Crippen LogP contribution is -2.45. The molecule has 0 saturated carbocycles. The molecule has 6 nitrogen and oxygen atoms in total. The van der Waals surface area contributed by atoms with Crippen molar-refractivity contribution in [3.8, 4) is 0 Å². The third-order valence-corrected chi connectivity index (χ3v) is 3.19. The monoisotopic (exact) mass is 316 g/mol. The molecule has 0 bridgehead atoms. The van der Waals surface area contributed by atoms with E-state index in [2.05, 4.69) is 0 Å². The third-order valence-electron chi connectivity index (χ3n) is 3.19. The molecule has 0 aliphatic carbocycles. The highest BCUT2D eigenvalue weighted by Crippen LogP contribution is 2.20. The molecule has 2 rings (SSSR count). The molecule has 2 N–H and O–H groups in total. The number of hydrogen-bond acceptors (Lipinski definition) is 6. The molecule has 0 amide bonds. The molecule has 0 aromatic heterocycles. The zero-order chi connectivity index (χ0) is 17.2. The molecule has 0 heterocycles. The Kier molecular flexibility index (Phi) is 4.54. The number of esters is 1. The van der Waals surface area contributed by atoms with Crippen molar-refractivity contribution in [2.45, 2.75) is 32.9 Å². The van der Waals surface area contributed by atoms with E-state index in [1.807, 2.05) is 30.3 Å². The summed E-state index contributed by atoms with van der Waals surface area (Å²) in [7, 11) is 0. The minimum atomic E-state index is -0.706. The van der Waals surface area contributed by atoms with Gasteiger partial charge in [-0.25, -0.2) is 0 Å². The van der Waals surface area contributed by atoms with Gasteiger partial charge in [0, 0.05) is 6.54 Å². The quantitative estimate of drug-likeness (QED) is 0.659. The first-order chi connectivity index (χ1) is 10.7. The van der Waals surface area contributed by atoms with Crippen molar-refractivity contribution in [1.82, 2.24) is 0 Å². The molecule has 2 aromatic rings.